The largest absolute Gasteiger partial charge is 0.383 e. The summed E-state index contributed by atoms with van der Waals surface area (Å²) in [6.07, 6.45) is 0. The number of guanidine groups is 1. The van der Waals surface area contributed by atoms with Crippen molar-refractivity contribution in [3.05, 3.63) is 0 Å². The molecule has 0 spiro atoms. The first-order valence-corrected chi connectivity index (χ1v) is 6.85. The van der Waals surface area contributed by atoms with Crippen LogP contribution in [0.3, 0.4) is 0 Å². The van der Waals surface area contributed by atoms with Crippen molar-refractivity contribution in [2.24, 2.45) is 4.99 Å². The number of aliphatic imine (C=N–C) groups is 1. The van der Waals surface area contributed by atoms with E-state index >= 15 is 0 Å². The highest BCUT2D eigenvalue weighted by atomic mass is 127. The van der Waals surface area contributed by atoms with E-state index in [1.807, 2.05) is 0 Å². The van der Waals surface area contributed by atoms with Crippen molar-refractivity contribution in [3.63, 3.8) is 0 Å². The van der Waals surface area contributed by atoms with Crippen LogP contribution in [0.25, 0.3) is 0 Å². The SMILES string of the molecule is CCNC(=NCCN(C)CCOC)NC(C)COC.I. The molecule has 0 heterocycles. The first kappa shape index (κ1) is 22.2. The zero-order valence-corrected chi connectivity index (χ0v) is 15.8. The monoisotopic (exact) mass is 402 g/mol. The van der Waals surface area contributed by atoms with Gasteiger partial charge in [-0.2, -0.15) is 0 Å². The molecule has 20 heavy (non-hydrogen) atoms. The second-order valence-corrected chi connectivity index (χ2v) is 4.56. The third-order valence-corrected chi connectivity index (χ3v) is 2.57. The normalized spacial score (nSPS) is 13.0. The Morgan fingerprint density at radius 2 is 1.95 bits per heavy atom. The van der Waals surface area contributed by atoms with Crippen LogP contribution in [0.15, 0.2) is 4.99 Å². The van der Waals surface area contributed by atoms with Crippen molar-refractivity contribution in [3.8, 4) is 0 Å². The molecule has 1 atom stereocenters. The van der Waals surface area contributed by atoms with Gasteiger partial charge in [0.05, 0.1) is 19.8 Å². The number of methoxy groups -OCH3 is 2. The first-order chi connectivity index (χ1) is 9.13. The van der Waals surface area contributed by atoms with Gasteiger partial charge in [0.15, 0.2) is 5.96 Å². The predicted molar refractivity (Wildman–Crippen MR) is 95.2 cm³/mol. The number of hydrogen-bond acceptors (Lipinski definition) is 4. The predicted octanol–water partition coefficient (Wildman–Crippen LogP) is 0.773. The summed E-state index contributed by atoms with van der Waals surface area (Å²) in [6, 6.07) is 0.244. The smallest absolute Gasteiger partial charge is 0.191 e. The van der Waals surface area contributed by atoms with Gasteiger partial charge in [-0.05, 0) is 20.9 Å². The Kier molecular flexibility index (Phi) is 16.9. The van der Waals surface area contributed by atoms with Gasteiger partial charge in [0, 0.05) is 39.9 Å². The highest BCUT2D eigenvalue weighted by molar-refractivity contribution is 14.0. The van der Waals surface area contributed by atoms with Crippen molar-refractivity contribution in [1.29, 1.82) is 0 Å². The number of hydrogen-bond donors (Lipinski definition) is 2. The van der Waals surface area contributed by atoms with E-state index in [0.29, 0.717) is 6.61 Å². The molecule has 0 aromatic heterocycles. The quantitative estimate of drug-likeness (QED) is 0.321. The summed E-state index contributed by atoms with van der Waals surface area (Å²) in [7, 11) is 5.49. The zero-order valence-electron chi connectivity index (χ0n) is 13.4. The van der Waals surface area contributed by atoms with Crippen LogP contribution >= 0.6 is 24.0 Å². The molecule has 0 amide bonds. The molecular weight excluding hydrogens is 371 g/mol. The van der Waals surface area contributed by atoms with Crippen LogP contribution < -0.4 is 10.6 Å². The van der Waals surface area contributed by atoms with Crippen LogP contribution in [0, 0.1) is 0 Å². The zero-order chi connectivity index (χ0) is 14.5. The minimum atomic E-state index is 0. The molecule has 2 N–H and O–H groups in total. The fraction of sp³-hybridized carbons (Fsp3) is 0.923. The fourth-order valence-electron chi connectivity index (χ4n) is 1.54. The van der Waals surface area contributed by atoms with Gasteiger partial charge >= 0.3 is 0 Å². The fourth-order valence-corrected chi connectivity index (χ4v) is 1.54. The lowest BCUT2D eigenvalue weighted by Crippen LogP contribution is -2.44. The van der Waals surface area contributed by atoms with E-state index < -0.39 is 0 Å². The summed E-state index contributed by atoms with van der Waals surface area (Å²) in [5, 5.41) is 6.54. The maximum absolute atomic E-state index is 5.10. The maximum Gasteiger partial charge on any atom is 0.191 e. The molecule has 0 aliphatic carbocycles. The van der Waals surface area contributed by atoms with Crippen molar-refractivity contribution >= 4 is 29.9 Å². The number of halogens is 1. The highest BCUT2D eigenvalue weighted by Gasteiger charge is 2.04. The first-order valence-electron chi connectivity index (χ1n) is 6.85. The molecule has 0 saturated heterocycles. The summed E-state index contributed by atoms with van der Waals surface area (Å²) in [5.74, 6) is 0.840. The molecule has 0 bridgehead atoms. The average Bonchev–Trinajstić information content (AvgIpc) is 2.36. The van der Waals surface area contributed by atoms with E-state index in [9.17, 15) is 0 Å². The molecule has 6 nitrogen and oxygen atoms in total. The standard InChI is InChI=1S/C13H30N4O2.HI/c1-6-14-13(16-12(2)11-19-5)15-7-8-17(3)9-10-18-4;/h12H,6-11H2,1-5H3,(H2,14,15,16);1H. The molecule has 0 aromatic rings. The molecule has 0 aliphatic heterocycles. The Morgan fingerprint density at radius 1 is 1.25 bits per heavy atom. The molecule has 0 aromatic carbocycles. The van der Waals surface area contributed by atoms with E-state index in [1.54, 1.807) is 14.2 Å². The Balaban J connectivity index is 0. The summed E-state index contributed by atoms with van der Waals surface area (Å²) in [5.41, 5.74) is 0. The number of nitrogens with zero attached hydrogens (tertiary/aromatic N) is 2. The second-order valence-electron chi connectivity index (χ2n) is 4.56. The third-order valence-electron chi connectivity index (χ3n) is 2.57. The van der Waals surface area contributed by atoms with Crippen LogP contribution in [-0.2, 0) is 9.47 Å². The van der Waals surface area contributed by atoms with Gasteiger partial charge < -0.3 is 25.0 Å². The van der Waals surface area contributed by atoms with Gasteiger partial charge in [0.1, 0.15) is 0 Å². The maximum atomic E-state index is 5.10. The molecule has 7 heteroatoms. The van der Waals surface area contributed by atoms with Crippen LogP contribution in [0.4, 0.5) is 0 Å². The summed E-state index contributed by atoms with van der Waals surface area (Å²) in [6.45, 7) is 9.00. The second kappa shape index (κ2) is 15.3. The highest BCUT2D eigenvalue weighted by Crippen LogP contribution is 1.86. The lowest BCUT2D eigenvalue weighted by molar-refractivity contribution is 0.163. The molecule has 0 saturated carbocycles. The average molecular weight is 402 g/mol. The lowest BCUT2D eigenvalue weighted by atomic mass is 10.4. The number of nitrogens with one attached hydrogen (secondary N) is 2. The Morgan fingerprint density at radius 3 is 2.50 bits per heavy atom. The lowest BCUT2D eigenvalue weighted by Gasteiger charge is -2.18. The topological polar surface area (TPSA) is 58.1 Å². The van der Waals surface area contributed by atoms with Crippen LogP contribution in [0.2, 0.25) is 0 Å². The van der Waals surface area contributed by atoms with Crippen LogP contribution in [0.5, 0.6) is 0 Å². The van der Waals surface area contributed by atoms with Gasteiger partial charge in [-0.25, -0.2) is 0 Å². The minimum absolute atomic E-state index is 0. The van der Waals surface area contributed by atoms with Crippen LogP contribution in [-0.4, -0.2) is 77.6 Å². The van der Waals surface area contributed by atoms with Crippen molar-refractivity contribution in [1.82, 2.24) is 15.5 Å². The Bertz CT molecular complexity index is 242. The molecule has 0 aliphatic rings. The molecule has 0 rings (SSSR count). The molecule has 0 radical (unpaired) electrons. The van der Waals surface area contributed by atoms with Gasteiger partial charge in [-0.3, -0.25) is 4.99 Å². The van der Waals surface area contributed by atoms with Crippen molar-refractivity contribution in [2.45, 2.75) is 19.9 Å². The number of rotatable bonds is 10. The number of ether oxygens (including phenoxy) is 2. The third kappa shape index (κ3) is 12.9. The molecule has 0 fully saturated rings. The minimum Gasteiger partial charge on any atom is -0.383 e. The van der Waals surface area contributed by atoms with Crippen molar-refractivity contribution in [2.75, 3.05) is 60.7 Å². The summed E-state index contributed by atoms with van der Waals surface area (Å²) < 4.78 is 10.1. The summed E-state index contributed by atoms with van der Waals surface area (Å²) >= 11 is 0. The van der Waals surface area contributed by atoms with E-state index in [1.165, 1.54) is 0 Å². The Hall–Kier alpha value is -0.120. The van der Waals surface area contributed by atoms with E-state index in [-0.39, 0.29) is 30.0 Å². The van der Waals surface area contributed by atoms with Gasteiger partial charge in [-0.1, -0.05) is 0 Å². The van der Waals surface area contributed by atoms with Crippen LogP contribution in [0.1, 0.15) is 13.8 Å². The van der Waals surface area contributed by atoms with E-state index in [0.717, 1.165) is 38.7 Å². The molecule has 1 unspecified atom stereocenters. The van der Waals surface area contributed by atoms with Gasteiger partial charge in [0.2, 0.25) is 0 Å². The van der Waals surface area contributed by atoms with E-state index in [2.05, 4.69) is 41.4 Å². The summed E-state index contributed by atoms with van der Waals surface area (Å²) in [4.78, 5) is 6.74. The molecular formula is C13H31IN4O2. The van der Waals surface area contributed by atoms with Gasteiger partial charge in [-0.15, -0.1) is 24.0 Å². The molecule has 122 valence electrons. The van der Waals surface area contributed by atoms with Crippen molar-refractivity contribution < 1.29 is 9.47 Å². The van der Waals surface area contributed by atoms with Gasteiger partial charge in [0.25, 0.3) is 0 Å². The number of likely N-dealkylation sites (N-methyl/N-ethyl adjacent to an activating group) is 1. The Labute approximate surface area is 140 Å². The van der Waals surface area contributed by atoms with E-state index in [4.69, 9.17) is 9.47 Å².